The lowest BCUT2D eigenvalue weighted by atomic mass is 10.1. The van der Waals surface area contributed by atoms with Crippen molar-refractivity contribution in [2.24, 2.45) is 5.11 Å². The summed E-state index contributed by atoms with van der Waals surface area (Å²) in [5.74, 6) is 0. The molecule has 0 unspecified atom stereocenters. The molecule has 1 aliphatic heterocycles. The van der Waals surface area contributed by atoms with Crippen molar-refractivity contribution >= 4 is 23.5 Å². The Morgan fingerprint density at radius 3 is 1.74 bits per heavy atom. The number of phosphoric acid groups is 3. The number of rotatable bonds is 3. The highest BCUT2D eigenvalue weighted by atomic mass is 31.2. The first-order valence-corrected chi connectivity index (χ1v) is 12.4. The Bertz CT molecular complexity index is 993. The molecule has 34 heavy (non-hydrogen) atoms. The molecule has 1 aromatic rings. The Balaban J connectivity index is 0. The molecule has 2 heterocycles. The van der Waals surface area contributed by atoms with Gasteiger partial charge in [-0.3, -0.25) is 14.3 Å². The van der Waals surface area contributed by atoms with Crippen LogP contribution in [-0.2, 0) is 18.4 Å². The fourth-order valence-electron chi connectivity index (χ4n) is 1.92. The maximum Gasteiger partial charge on any atom is 0.466 e. The summed E-state index contributed by atoms with van der Waals surface area (Å²) in [6, 6.07) is 0.0158. The lowest BCUT2D eigenvalue weighted by Crippen LogP contribution is -2.36. The number of aromatic nitrogens is 2. The van der Waals surface area contributed by atoms with Crippen LogP contribution in [0.2, 0.25) is 0 Å². The summed E-state index contributed by atoms with van der Waals surface area (Å²) in [4.78, 5) is 91.9. The molecule has 0 saturated carbocycles. The lowest BCUT2D eigenvalue weighted by Gasteiger charge is -2.17. The molecule has 1 aliphatic rings. The van der Waals surface area contributed by atoms with E-state index in [9.17, 15) is 14.7 Å². The van der Waals surface area contributed by atoms with Gasteiger partial charge in [0.05, 0.1) is 12.7 Å². The SMILES string of the molecule is O=P(O)(O)O.O=P(O)(O)O.O=P(O)(O)O.[N-]=[N+]=N[C@H]1[C@H](O)[C@@H](CO)O[C@H]1n1ccc(=O)[nH]c1=O. The van der Waals surface area contributed by atoms with Crippen LogP contribution in [-0.4, -0.2) is 88.7 Å². The van der Waals surface area contributed by atoms with E-state index in [1.54, 1.807) is 0 Å². The summed E-state index contributed by atoms with van der Waals surface area (Å²) in [7, 11) is -13.9. The summed E-state index contributed by atoms with van der Waals surface area (Å²) < 4.78 is 32.9. The smallest absolute Gasteiger partial charge is 0.394 e. The summed E-state index contributed by atoms with van der Waals surface area (Å²) in [5, 5.41) is 22.2. The number of aliphatic hydroxyl groups excluding tert-OH is 2. The summed E-state index contributed by atoms with van der Waals surface area (Å²) in [5.41, 5.74) is 7.12. The van der Waals surface area contributed by atoms with Gasteiger partial charge in [0.1, 0.15) is 18.4 Å². The number of nitrogens with one attached hydrogen (secondary N) is 1. The second-order valence-electron chi connectivity index (χ2n) is 5.49. The molecule has 4 atom stereocenters. The number of hydrogen-bond donors (Lipinski definition) is 12. The Labute approximate surface area is 186 Å². The minimum atomic E-state index is -4.64. The van der Waals surface area contributed by atoms with Crippen molar-refractivity contribution in [1.29, 1.82) is 0 Å². The van der Waals surface area contributed by atoms with Crippen molar-refractivity contribution in [3.63, 3.8) is 0 Å². The van der Waals surface area contributed by atoms with Crippen LogP contribution < -0.4 is 11.2 Å². The van der Waals surface area contributed by atoms with Crippen LogP contribution in [0.25, 0.3) is 10.4 Å². The minimum absolute atomic E-state index is 0.493. The fourth-order valence-corrected chi connectivity index (χ4v) is 1.92. The second kappa shape index (κ2) is 14.6. The van der Waals surface area contributed by atoms with Crippen molar-refractivity contribution in [2.45, 2.75) is 24.5 Å². The summed E-state index contributed by atoms with van der Waals surface area (Å²) in [6.07, 6.45) is -2.14. The van der Waals surface area contributed by atoms with Gasteiger partial charge >= 0.3 is 29.2 Å². The highest BCUT2D eigenvalue weighted by Crippen LogP contribution is 2.30. The molecule has 2 rings (SSSR count). The van der Waals surface area contributed by atoms with Crippen LogP contribution in [0, 0.1) is 0 Å². The molecule has 0 bridgehead atoms. The zero-order chi connectivity index (χ0) is 27.5. The van der Waals surface area contributed by atoms with Gasteiger partial charge in [0.15, 0.2) is 0 Å². The second-order valence-corrected chi connectivity index (χ2v) is 8.57. The van der Waals surface area contributed by atoms with Crippen molar-refractivity contribution in [2.75, 3.05) is 6.61 Å². The van der Waals surface area contributed by atoms with Gasteiger partial charge in [-0.05, 0) is 5.53 Å². The van der Waals surface area contributed by atoms with Crippen LogP contribution >= 0.6 is 23.5 Å². The van der Waals surface area contributed by atoms with Crippen molar-refractivity contribution in [3.8, 4) is 0 Å². The third kappa shape index (κ3) is 19.6. The molecule has 1 fully saturated rings. The van der Waals surface area contributed by atoms with Crippen LogP contribution in [0.4, 0.5) is 0 Å². The number of aromatic amines is 1. The van der Waals surface area contributed by atoms with E-state index in [0.717, 1.165) is 16.8 Å². The monoisotopic (exact) mass is 563 g/mol. The largest absolute Gasteiger partial charge is 0.466 e. The van der Waals surface area contributed by atoms with E-state index < -0.39 is 65.8 Å². The molecular weight excluding hydrogens is 543 g/mol. The Hall–Kier alpha value is -1.80. The maximum absolute atomic E-state index is 11.6. The van der Waals surface area contributed by atoms with Crippen molar-refractivity contribution < 1.29 is 72.7 Å². The highest BCUT2D eigenvalue weighted by Gasteiger charge is 2.44. The first-order chi connectivity index (χ1) is 15.1. The predicted molar refractivity (Wildman–Crippen MR) is 104 cm³/mol. The molecule has 198 valence electrons. The zero-order valence-electron chi connectivity index (χ0n) is 16.2. The van der Waals surface area contributed by atoms with Gasteiger partial charge in [-0.1, -0.05) is 5.11 Å². The molecule has 0 spiro atoms. The highest BCUT2D eigenvalue weighted by molar-refractivity contribution is 7.45. The van der Waals surface area contributed by atoms with E-state index in [4.69, 9.17) is 73.1 Å². The van der Waals surface area contributed by atoms with E-state index in [2.05, 4.69) is 10.0 Å². The number of azide groups is 1. The maximum atomic E-state index is 11.6. The van der Waals surface area contributed by atoms with Crippen LogP contribution in [0.15, 0.2) is 27.0 Å². The molecule has 0 amide bonds. The number of ether oxygens (including phenoxy) is 1. The van der Waals surface area contributed by atoms with Crippen LogP contribution in [0.1, 0.15) is 6.23 Å². The zero-order valence-corrected chi connectivity index (χ0v) is 18.9. The van der Waals surface area contributed by atoms with E-state index >= 15 is 0 Å². The van der Waals surface area contributed by atoms with Gasteiger partial charge in [-0.2, -0.15) is 0 Å². The van der Waals surface area contributed by atoms with Gasteiger partial charge in [-0.15, -0.1) is 0 Å². The van der Waals surface area contributed by atoms with Gasteiger partial charge < -0.3 is 59.0 Å². The topological polar surface area (TPSA) is 387 Å². The number of nitrogens with zero attached hydrogens (tertiary/aromatic N) is 4. The van der Waals surface area contributed by atoms with Crippen molar-refractivity contribution in [3.05, 3.63) is 43.5 Å². The van der Waals surface area contributed by atoms with Gasteiger partial charge in [0.2, 0.25) is 0 Å². The molecule has 1 aromatic heterocycles. The standard InChI is InChI=1S/C9H11N5O5.3H3O4P/c10-13-12-6-7(17)4(3-15)19-8(6)14-2-1-5(16)11-9(14)18;3*1-5(2,3)4/h1-2,4,6-8,15,17H,3H2,(H,11,16,18);3*(H3,1,2,3,4)/t4-,6+,7-,8-;;;/m1.../s1. The van der Waals surface area contributed by atoms with Gasteiger partial charge in [0, 0.05) is 17.2 Å². The van der Waals surface area contributed by atoms with Crippen LogP contribution in [0.3, 0.4) is 0 Å². The molecule has 0 radical (unpaired) electrons. The number of aliphatic hydroxyl groups is 2. The molecular formula is C9H20N5O17P3. The van der Waals surface area contributed by atoms with Gasteiger partial charge in [0.25, 0.3) is 5.56 Å². The third-order valence-electron chi connectivity index (χ3n) is 2.83. The van der Waals surface area contributed by atoms with Gasteiger partial charge in [-0.25, -0.2) is 18.5 Å². The van der Waals surface area contributed by atoms with E-state index in [1.165, 1.54) is 0 Å². The average Bonchev–Trinajstić information content (AvgIpc) is 2.87. The molecule has 25 heteroatoms. The predicted octanol–water partition coefficient (Wildman–Crippen LogP) is -4.32. The fraction of sp³-hybridized carbons (Fsp3) is 0.556. The lowest BCUT2D eigenvalue weighted by molar-refractivity contribution is -0.0464. The first kappa shape index (κ1) is 34.4. The van der Waals surface area contributed by atoms with E-state index in [-0.39, 0.29) is 0 Å². The third-order valence-corrected chi connectivity index (χ3v) is 2.83. The first-order valence-electron chi connectivity index (χ1n) is 7.73. The Morgan fingerprint density at radius 2 is 1.41 bits per heavy atom. The van der Waals surface area contributed by atoms with Crippen molar-refractivity contribution in [1.82, 2.24) is 9.55 Å². The molecule has 0 aliphatic carbocycles. The quantitative estimate of drug-likeness (QED) is 0.0715. The Kier molecular flexibility index (Phi) is 14.7. The molecule has 22 nitrogen and oxygen atoms in total. The average molecular weight is 563 g/mol. The summed E-state index contributed by atoms with van der Waals surface area (Å²) in [6.45, 7) is -0.493. The normalized spacial score (nSPS) is 22.0. The molecule has 12 N–H and O–H groups in total. The van der Waals surface area contributed by atoms with E-state index in [0.29, 0.717) is 0 Å². The number of H-pyrrole nitrogens is 1. The molecule has 0 aromatic carbocycles. The summed E-state index contributed by atoms with van der Waals surface area (Å²) >= 11 is 0. The Morgan fingerprint density at radius 1 is 1.00 bits per heavy atom. The number of hydrogen-bond acceptors (Lipinski definition) is 9. The minimum Gasteiger partial charge on any atom is -0.394 e. The van der Waals surface area contributed by atoms with Crippen LogP contribution in [0.5, 0.6) is 0 Å². The molecule has 1 saturated heterocycles. The van der Waals surface area contributed by atoms with E-state index in [1.807, 2.05) is 4.98 Å².